The maximum absolute atomic E-state index is 10.6. The largest absolute Gasteiger partial charge is 0.356 e. The van der Waals surface area contributed by atoms with E-state index >= 15 is 0 Å². The van der Waals surface area contributed by atoms with E-state index in [0.717, 1.165) is 29.2 Å². The average Bonchev–Trinajstić information content (AvgIpc) is 2.89. The molecule has 7 nitrogen and oxygen atoms in total. The van der Waals surface area contributed by atoms with Crippen molar-refractivity contribution in [3.8, 4) is 0 Å². The summed E-state index contributed by atoms with van der Waals surface area (Å²) in [6.45, 7) is 5.39. The van der Waals surface area contributed by atoms with Gasteiger partial charge in [0.15, 0.2) is 5.96 Å². The summed E-state index contributed by atoms with van der Waals surface area (Å²) in [6.07, 6.45) is 0.845. The average molecular weight is 475 g/mol. The third-order valence-electron chi connectivity index (χ3n) is 3.53. The van der Waals surface area contributed by atoms with E-state index in [0.29, 0.717) is 12.5 Å². The molecular formula is C16H22IN5O2S. The Hall–Kier alpha value is -1.75. The number of aliphatic imine (C=N–C) groups is 1. The van der Waals surface area contributed by atoms with Crippen molar-refractivity contribution in [2.24, 2.45) is 4.99 Å². The highest BCUT2D eigenvalue weighted by molar-refractivity contribution is 14.0. The molecule has 0 atom stereocenters. The molecule has 0 saturated heterocycles. The summed E-state index contributed by atoms with van der Waals surface area (Å²) in [7, 11) is 1.71. The highest BCUT2D eigenvalue weighted by Gasteiger charge is 2.06. The highest BCUT2D eigenvalue weighted by Crippen LogP contribution is 2.16. The number of hydrogen-bond donors (Lipinski definition) is 2. The molecule has 1 aromatic heterocycles. The fourth-order valence-corrected chi connectivity index (χ4v) is 3.01. The van der Waals surface area contributed by atoms with Gasteiger partial charge in [-0.25, -0.2) is 4.98 Å². The van der Waals surface area contributed by atoms with Gasteiger partial charge in [0.1, 0.15) is 0 Å². The molecule has 2 N–H and O–H groups in total. The van der Waals surface area contributed by atoms with Gasteiger partial charge in [0.25, 0.3) is 5.69 Å². The minimum atomic E-state index is -0.403. The highest BCUT2D eigenvalue weighted by atomic mass is 127. The Kier molecular flexibility index (Phi) is 8.76. The number of benzene rings is 1. The Morgan fingerprint density at radius 2 is 1.96 bits per heavy atom. The van der Waals surface area contributed by atoms with Crippen molar-refractivity contribution in [1.29, 1.82) is 0 Å². The fraction of sp³-hybridized carbons (Fsp3) is 0.375. The Balaban J connectivity index is 0.00000312. The molecule has 0 saturated carbocycles. The molecule has 25 heavy (non-hydrogen) atoms. The number of nitrogens with zero attached hydrogens (tertiary/aromatic N) is 3. The van der Waals surface area contributed by atoms with E-state index in [9.17, 15) is 10.1 Å². The van der Waals surface area contributed by atoms with Gasteiger partial charge in [-0.1, -0.05) is 12.1 Å². The van der Waals surface area contributed by atoms with Crippen molar-refractivity contribution in [3.05, 3.63) is 55.5 Å². The zero-order valence-electron chi connectivity index (χ0n) is 14.4. The van der Waals surface area contributed by atoms with Crippen LogP contribution in [-0.2, 0) is 13.0 Å². The van der Waals surface area contributed by atoms with Crippen LogP contribution in [0.1, 0.15) is 21.1 Å². The molecule has 0 amide bonds. The predicted molar refractivity (Wildman–Crippen MR) is 112 cm³/mol. The van der Waals surface area contributed by atoms with Crippen molar-refractivity contribution in [2.75, 3.05) is 13.6 Å². The van der Waals surface area contributed by atoms with Crippen LogP contribution in [0.15, 0.2) is 29.3 Å². The summed E-state index contributed by atoms with van der Waals surface area (Å²) >= 11 is 1.72. The fourth-order valence-electron chi connectivity index (χ4n) is 2.08. The number of non-ortho nitro benzene ring substituents is 1. The summed E-state index contributed by atoms with van der Waals surface area (Å²) in [4.78, 5) is 20.2. The number of thiazole rings is 1. The first-order chi connectivity index (χ1) is 11.5. The van der Waals surface area contributed by atoms with Gasteiger partial charge in [0.2, 0.25) is 0 Å². The van der Waals surface area contributed by atoms with E-state index in [1.165, 1.54) is 17.0 Å². The number of halogens is 1. The molecule has 0 aliphatic rings. The predicted octanol–water partition coefficient (Wildman–Crippen LogP) is 3.19. The Bertz CT molecular complexity index is 711. The van der Waals surface area contributed by atoms with Crippen molar-refractivity contribution < 1.29 is 4.92 Å². The minimum absolute atomic E-state index is 0. The maximum atomic E-state index is 10.6. The van der Waals surface area contributed by atoms with E-state index < -0.39 is 4.92 Å². The van der Waals surface area contributed by atoms with Gasteiger partial charge >= 0.3 is 0 Å². The number of aryl methyl sites for hydroxylation is 2. The summed E-state index contributed by atoms with van der Waals surface area (Å²) in [5, 5.41) is 18.2. The van der Waals surface area contributed by atoms with E-state index in [2.05, 4.69) is 27.5 Å². The van der Waals surface area contributed by atoms with Crippen LogP contribution in [0.5, 0.6) is 0 Å². The number of hydrogen-bond acceptors (Lipinski definition) is 5. The lowest BCUT2D eigenvalue weighted by atomic mass is 10.2. The lowest BCUT2D eigenvalue weighted by molar-refractivity contribution is -0.384. The lowest BCUT2D eigenvalue weighted by Gasteiger charge is -2.11. The topological polar surface area (TPSA) is 92.5 Å². The van der Waals surface area contributed by atoms with Crippen molar-refractivity contribution >= 4 is 47.0 Å². The quantitative estimate of drug-likeness (QED) is 0.220. The van der Waals surface area contributed by atoms with Crippen molar-refractivity contribution in [2.45, 2.75) is 26.8 Å². The van der Waals surface area contributed by atoms with Gasteiger partial charge in [-0.3, -0.25) is 15.1 Å². The molecule has 9 heteroatoms. The zero-order chi connectivity index (χ0) is 17.5. The normalized spacial score (nSPS) is 10.9. The van der Waals surface area contributed by atoms with Gasteiger partial charge in [-0.05, 0) is 19.4 Å². The third kappa shape index (κ3) is 6.58. The van der Waals surface area contributed by atoms with Crippen molar-refractivity contribution in [3.63, 3.8) is 0 Å². The van der Waals surface area contributed by atoms with Crippen LogP contribution in [0.2, 0.25) is 0 Å². The molecule has 1 heterocycles. The third-order valence-corrected chi connectivity index (χ3v) is 4.67. The first kappa shape index (κ1) is 21.3. The molecule has 0 spiro atoms. The molecule has 0 bridgehead atoms. The van der Waals surface area contributed by atoms with Crippen LogP contribution >= 0.6 is 35.3 Å². The van der Waals surface area contributed by atoms with Gasteiger partial charge in [0.05, 0.1) is 15.6 Å². The zero-order valence-corrected chi connectivity index (χ0v) is 17.6. The monoisotopic (exact) mass is 475 g/mol. The van der Waals surface area contributed by atoms with Gasteiger partial charge < -0.3 is 10.6 Å². The SMILES string of the molecule is CN=C(NCCc1nc(C)c(C)s1)NCc1ccc([N+](=O)[O-])cc1.I. The molecule has 0 unspecified atom stereocenters. The smallest absolute Gasteiger partial charge is 0.269 e. The van der Waals surface area contributed by atoms with E-state index in [-0.39, 0.29) is 29.7 Å². The molecule has 0 fully saturated rings. The summed E-state index contributed by atoms with van der Waals surface area (Å²) in [6, 6.07) is 6.47. The Morgan fingerprint density at radius 3 is 2.48 bits per heavy atom. The summed E-state index contributed by atoms with van der Waals surface area (Å²) in [5.74, 6) is 0.693. The molecular weight excluding hydrogens is 453 g/mol. The molecule has 1 aromatic carbocycles. The first-order valence-electron chi connectivity index (χ1n) is 7.60. The van der Waals surface area contributed by atoms with Gasteiger partial charge in [-0.2, -0.15) is 0 Å². The molecule has 0 aliphatic heterocycles. The molecule has 2 aromatic rings. The van der Waals surface area contributed by atoms with Gasteiger partial charge in [-0.15, -0.1) is 35.3 Å². The second kappa shape index (κ2) is 10.3. The number of rotatable bonds is 6. The lowest BCUT2D eigenvalue weighted by Crippen LogP contribution is -2.37. The minimum Gasteiger partial charge on any atom is -0.356 e. The van der Waals surface area contributed by atoms with Crippen LogP contribution < -0.4 is 10.6 Å². The van der Waals surface area contributed by atoms with Crippen LogP contribution in [-0.4, -0.2) is 29.5 Å². The van der Waals surface area contributed by atoms with Gasteiger partial charge in [0, 0.05) is 43.6 Å². The maximum Gasteiger partial charge on any atom is 0.269 e. The van der Waals surface area contributed by atoms with Crippen LogP contribution in [0.4, 0.5) is 5.69 Å². The van der Waals surface area contributed by atoms with Crippen LogP contribution in [0, 0.1) is 24.0 Å². The van der Waals surface area contributed by atoms with E-state index in [4.69, 9.17) is 0 Å². The number of nitro benzene ring substituents is 1. The van der Waals surface area contributed by atoms with E-state index in [1.807, 2.05) is 6.92 Å². The molecule has 0 aliphatic carbocycles. The van der Waals surface area contributed by atoms with Crippen LogP contribution in [0.3, 0.4) is 0 Å². The Labute approximate surface area is 168 Å². The first-order valence-corrected chi connectivity index (χ1v) is 8.42. The number of aromatic nitrogens is 1. The van der Waals surface area contributed by atoms with E-state index in [1.54, 1.807) is 30.5 Å². The molecule has 136 valence electrons. The second-order valence-corrected chi connectivity index (χ2v) is 6.56. The Morgan fingerprint density at radius 1 is 1.28 bits per heavy atom. The molecule has 2 rings (SSSR count). The number of nitro groups is 1. The standard InChI is InChI=1S/C16H21N5O2S.HI/c1-11-12(2)24-15(20-11)8-9-18-16(17-3)19-10-13-4-6-14(7-5-13)21(22)23;/h4-7H,8-10H2,1-3H3,(H2,17,18,19);1H. The second-order valence-electron chi connectivity index (χ2n) is 5.28. The molecule has 0 radical (unpaired) electrons. The number of guanidine groups is 1. The van der Waals surface area contributed by atoms with Crippen molar-refractivity contribution in [1.82, 2.24) is 15.6 Å². The summed E-state index contributed by atoms with van der Waals surface area (Å²) in [5.41, 5.74) is 2.14. The van der Waals surface area contributed by atoms with Crippen LogP contribution in [0.25, 0.3) is 0 Å². The number of nitrogens with one attached hydrogen (secondary N) is 2. The summed E-state index contributed by atoms with van der Waals surface area (Å²) < 4.78 is 0.